The summed E-state index contributed by atoms with van der Waals surface area (Å²) >= 11 is 0. The molecule has 0 aromatic carbocycles. The van der Waals surface area contributed by atoms with Gasteiger partial charge in [-0.3, -0.25) is 9.69 Å². The second-order valence-corrected chi connectivity index (χ2v) is 4.79. The summed E-state index contributed by atoms with van der Waals surface area (Å²) in [4.78, 5) is 15.9. The van der Waals surface area contributed by atoms with Crippen LogP contribution in [0.3, 0.4) is 0 Å². The molecule has 0 aliphatic carbocycles. The lowest BCUT2D eigenvalue weighted by Gasteiger charge is -2.29. The van der Waals surface area contributed by atoms with Gasteiger partial charge in [-0.1, -0.05) is 0 Å². The van der Waals surface area contributed by atoms with Gasteiger partial charge in [0.1, 0.15) is 0 Å². The van der Waals surface area contributed by atoms with Gasteiger partial charge in [-0.05, 0) is 20.9 Å². The summed E-state index contributed by atoms with van der Waals surface area (Å²) < 4.78 is 5.46. The Hall–Kier alpha value is -0.650. The van der Waals surface area contributed by atoms with E-state index in [9.17, 15) is 4.79 Å². The Bertz CT molecular complexity index is 228. The van der Waals surface area contributed by atoms with E-state index >= 15 is 0 Å². The van der Waals surface area contributed by atoms with Gasteiger partial charge in [0.25, 0.3) is 0 Å². The lowest BCUT2D eigenvalue weighted by atomic mass is 10.3. The molecule has 1 fully saturated rings. The van der Waals surface area contributed by atoms with E-state index in [1.165, 1.54) is 0 Å². The monoisotopic (exact) mass is 243 g/mol. The van der Waals surface area contributed by atoms with E-state index in [-0.39, 0.29) is 12.0 Å². The predicted octanol–water partition coefficient (Wildman–Crippen LogP) is -0.225. The van der Waals surface area contributed by atoms with Crippen molar-refractivity contribution in [3.8, 4) is 0 Å². The van der Waals surface area contributed by atoms with Crippen LogP contribution in [0.2, 0.25) is 0 Å². The Kier molecular flexibility index (Phi) is 6.47. The number of rotatable bonds is 6. The summed E-state index contributed by atoms with van der Waals surface area (Å²) in [5.74, 6) is 0.221. The van der Waals surface area contributed by atoms with Crippen LogP contribution in [0.1, 0.15) is 13.8 Å². The number of piperazine rings is 1. The third kappa shape index (κ3) is 6.00. The highest BCUT2D eigenvalue weighted by atomic mass is 16.5. The minimum atomic E-state index is 0.221. The quantitative estimate of drug-likeness (QED) is 0.700. The molecule has 0 unspecified atom stereocenters. The maximum Gasteiger partial charge on any atom is 0.236 e. The van der Waals surface area contributed by atoms with E-state index in [0.717, 1.165) is 32.7 Å². The van der Waals surface area contributed by atoms with Crippen molar-refractivity contribution < 1.29 is 9.53 Å². The molecule has 1 amide bonds. The first-order valence-electron chi connectivity index (χ1n) is 6.38. The summed E-state index contributed by atoms with van der Waals surface area (Å²) in [7, 11) is 1.96. The zero-order chi connectivity index (χ0) is 12.7. The Morgan fingerprint density at radius 1 is 1.41 bits per heavy atom. The minimum Gasteiger partial charge on any atom is -0.377 e. The zero-order valence-electron chi connectivity index (χ0n) is 11.2. The van der Waals surface area contributed by atoms with Crippen LogP contribution in [-0.4, -0.2) is 74.7 Å². The van der Waals surface area contributed by atoms with Crippen LogP contribution in [0.4, 0.5) is 0 Å². The molecular weight excluding hydrogens is 218 g/mol. The molecule has 5 nitrogen and oxygen atoms in total. The molecule has 1 aliphatic heterocycles. The molecule has 1 heterocycles. The normalized spacial score (nSPS) is 16.9. The predicted molar refractivity (Wildman–Crippen MR) is 68.0 cm³/mol. The maximum absolute atomic E-state index is 11.9. The number of ether oxygens (including phenoxy) is 1. The van der Waals surface area contributed by atoms with Crippen molar-refractivity contribution in [1.82, 2.24) is 15.1 Å². The maximum atomic E-state index is 11.9. The highest BCUT2D eigenvalue weighted by molar-refractivity contribution is 5.78. The summed E-state index contributed by atoms with van der Waals surface area (Å²) in [6, 6.07) is 0. The topological polar surface area (TPSA) is 44.8 Å². The van der Waals surface area contributed by atoms with Gasteiger partial charge in [0.05, 0.1) is 19.3 Å². The van der Waals surface area contributed by atoms with Gasteiger partial charge in [-0.15, -0.1) is 0 Å². The summed E-state index contributed by atoms with van der Waals surface area (Å²) in [5.41, 5.74) is 0. The molecule has 17 heavy (non-hydrogen) atoms. The smallest absolute Gasteiger partial charge is 0.236 e. The molecule has 0 spiro atoms. The number of amides is 1. The summed E-state index contributed by atoms with van der Waals surface area (Å²) in [5, 5.41) is 3.24. The molecule has 100 valence electrons. The van der Waals surface area contributed by atoms with Crippen molar-refractivity contribution in [1.29, 1.82) is 0 Å². The van der Waals surface area contributed by atoms with Gasteiger partial charge in [0.15, 0.2) is 0 Å². The molecule has 0 saturated carbocycles. The Balaban J connectivity index is 2.15. The summed E-state index contributed by atoms with van der Waals surface area (Å²) in [6.45, 7) is 9.49. The first-order chi connectivity index (χ1) is 8.09. The number of likely N-dealkylation sites (N-methyl/N-ethyl adjacent to an activating group) is 1. The van der Waals surface area contributed by atoms with E-state index in [0.29, 0.717) is 13.2 Å². The largest absolute Gasteiger partial charge is 0.377 e. The van der Waals surface area contributed by atoms with Gasteiger partial charge in [-0.25, -0.2) is 0 Å². The Labute approximate surface area is 104 Å². The number of nitrogens with one attached hydrogen (secondary N) is 1. The van der Waals surface area contributed by atoms with Crippen molar-refractivity contribution >= 4 is 5.91 Å². The fourth-order valence-electron chi connectivity index (χ4n) is 1.77. The third-order valence-corrected chi connectivity index (χ3v) is 2.80. The van der Waals surface area contributed by atoms with Gasteiger partial charge in [0.2, 0.25) is 5.91 Å². The standard InChI is InChI=1S/C12H25N3O2/c1-11(2)17-9-8-14(3)10-12(16)15-6-4-13-5-7-15/h11,13H,4-10H2,1-3H3. The van der Waals surface area contributed by atoms with E-state index in [1.54, 1.807) is 0 Å². The minimum absolute atomic E-state index is 0.221. The second kappa shape index (κ2) is 7.63. The average Bonchev–Trinajstić information content (AvgIpc) is 2.29. The number of carbonyl (C=O) groups excluding carboxylic acids is 1. The van der Waals surface area contributed by atoms with Crippen molar-refractivity contribution in [2.24, 2.45) is 0 Å². The summed E-state index contributed by atoms with van der Waals surface area (Å²) in [6.07, 6.45) is 0.257. The lowest BCUT2D eigenvalue weighted by molar-refractivity contribution is -0.132. The first-order valence-corrected chi connectivity index (χ1v) is 6.38. The van der Waals surface area contributed by atoms with Crippen molar-refractivity contribution in [3.63, 3.8) is 0 Å². The van der Waals surface area contributed by atoms with E-state index in [1.807, 2.05) is 30.7 Å². The van der Waals surface area contributed by atoms with Gasteiger partial charge in [0, 0.05) is 32.7 Å². The van der Waals surface area contributed by atoms with Gasteiger partial charge >= 0.3 is 0 Å². The molecular formula is C12H25N3O2. The molecule has 1 N–H and O–H groups in total. The van der Waals surface area contributed by atoms with E-state index in [4.69, 9.17) is 4.74 Å². The number of carbonyl (C=O) groups is 1. The van der Waals surface area contributed by atoms with E-state index in [2.05, 4.69) is 5.32 Å². The van der Waals surface area contributed by atoms with Gasteiger partial charge < -0.3 is 15.0 Å². The van der Waals surface area contributed by atoms with Crippen molar-refractivity contribution in [3.05, 3.63) is 0 Å². The molecule has 0 atom stereocenters. The first kappa shape index (κ1) is 14.4. The van der Waals surface area contributed by atoms with Crippen LogP contribution >= 0.6 is 0 Å². The lowest BCUT2D eigenvalue weighted by Crippen LogP contribution is -2.49. The number of hydrogen-bond donors (Lipinski definition) is 1. The highest BCUT2D eigenvalue weighted by Crippen LogP contribution is 1.96. The zero-order valence-corrected chi connectivity index (χ0v) is 11.2. The molecule has 0 aromatic rings. The van der Waals surface area contributed by atoms with Gasteiger partial charge in [-0.2, -0.15) is 0 Å². The molecule has 1 saturated heterocycles. The fourth-order valence-corrected chi connectivity index (χ4v) is 1.77. The van der Waals surface area contributed by atoms with Crippen LogP contribution < -0.4 is 5.32 Å². The van der Waals surface area contributed by atoms with Crippen molar-refractivity contribution in [2.45, 2.75) is 20.0 Å². The average molecular weight is 243 g/mol. The SMILES string of the molecule is CC(C)OCCN(C)CC(=O)N1CCNCC1. The molecule has 1 rings (SSSR count). The highest BCUT2D eigenvalue weighted by Gasteiger charge is 2.17. The molecule has 5 heteroatoms. The van der Waals surface area contributed by atoms with Crippen LogP contribution in [0.25, 0.3) is 0 Å². The Morgan fingerprint density at radius 2 is 2.06 bits per heavy atom. The number of nitrogens with zero attached hydrogens (tertiary/aromatic N) is 2. The van der Waals surface area contributed by atoms with Crippen molar-refractivity contribution in [2.75, 3.05) is 52.9 Å². The van der Waals surface area contributed by atoms with Crippen LogP contribution in [0, 0.1) is 0 Å². The molecule has 1 aliphatic rings. The molecule has 0 aromatic heterocycles. The number of hydrogen-bond acceptors (Lipinski definition) is 4. The van der Waals surface area contributed by atoms with Crippen LogP contribution in [0.15, 0.2) is 0 Å². The third-order valence-electron chi connectivity index (χ3n) is 2.80. The fraction of sp³-hybridized carbons (Fsp3) is 0.917. The van der Waals surface area contributed by atoms with Crippen LogP contribution in [-0.2, 0) is 9.53 Å². The molecule has 0 bridgehead atoms. The Morgan fingerprint density at radius 3 is 2.65 bits per heavy atom. The molecule has 0 radical (unpaired) electrons. The van der Waals surface area contributed by atoms with E-state index < -0.39 is 0 Å². The van der Waals surface area contributed by atoms with Crippen LogP contribution in [0.5, 0.6) is 0 Å². The second-order valence-electron chi connectivity index (χ2n) is 4.79.